The second-order valence-electron chi connectivity index (χ2n) is 4.99. The first-order chi connectivity index (χ1) is 7.84. The first-order valence-corrected chi connectivity index (χ1v) is 5.97. The van der Waals surface area contributed by atoms with Gasteiger partial charge in [0, 0.05) is 12.1 Å². The maximum Gasteiger partial charge on any atom is 0.105 e. The van der Waals surface area contributed by atoms with Crippen LogP contribution in [-0.4, -0.2) is 22.4 Å². The van der Waals surface area contributed by atoms with Crippen molar-refractivity contribution in [1.29, 1.82) is 5.26 Å². The van der Waals surface area contributed by atoms with Gasteiger partial charge >= 0.3 is 0 Å². The minimum absolute atomic E-state index is 0.208. The standard InChI is InChI=1S/C13H22N4/c1-9(7-13(5,8-14)15-6)17-12(4)10(2)11(3)16-17/h9,15H,7H2,1-6H3. The molecule has 0 amide bonds. The summed E-state index contributed by atoms with van der Waals surface area (Å²) in [6, 6.07) is 2.53. The molecule has 0 radical (unpaired) electrons. The van der Waals surface area contributed by atoms with Crippen molar-refractivity contribution in [3.05, 3.63) is 17.0 Å². The summed E-state index contributed by atoms with van der Waals surface area (Å²) in [6.07, 6.45) is 0.738. The maximum atomic E-state index is 9.17. The lowest BCUT2D eigenvalue weighted by Gasteiger charge is -2.25. The van der Waals surface area contributed by atoms with E-state index in [4.69, 9.17) is 5.26 Å². The van der Waals surface area contributed by atoms with Crippen LogP contribution >= 0.6 is 0 Å². The molecule has 0 aliphatic heterocycles. The average molecular weight is 234 g/mol. The van der Waals surface area contributed by atoms with Crippen LogP contribution in [0.15, 0.2) is 0 Å². The molecule has 1 rings (SSSR count). The van der Waals surface area contributed by atoms with E-state index in [0.29, 0.717) is 0 Å². The van der Waals surface area contributed by atoms with Crippen molar-refractivity contribution in [1.82, 2.24) is 15.1 Å². The van der Waals surface area contributed by atoms with Gasteiger partial charge in [-0.15, -0.1) is 0 Å². The quantitative estimate of drug-likeness (QED) is 0.869. The van der Waals surface area contributed by atoms with Gasteiger partial charge in [-0.3, -0.25) is 4.68 Å². The van der Waals surface area contributed by atoms with Gasteiger partial charge in [-0.05, 0) is 47.2 Å². The highest BCUT2D eigenvalue weighted by Crippen LogP contribution is 2.23. The highest BCUT2D eigenvalue weighted by Gasteiger charge is 2.26. The smallest absolute Gasteiger partial charge is 0.105 e. The molecule has 0 saturated carbocycles. The van der Waals surface area contributed by atoms with Crippen LogP contribution < -0.4 is 5.32 Å². The second-order valence-corrected chi connectivity index (χ2v) is 4.99. The van der Waals surface area contributed by atoms with Gasteiger partial charge in [-0.2, -0.15) is 10.4 Å². The molecule has 0 aliphatic rings. The van der Waals surface area contributed by atoms with Gasteiger partial charge in [0.25, 0.3) is 0 Å². The number of rotatable bonds is 4. The molecule has 0 aliphatic carbocycles. The third-order valence-corrected chi connectivity index (χ3v) is 3.61. The minimum atomic E-state index is -0.500. The molecular formula is C13H22N4. The fourth-order valence-corrected chi connectivity index (χ4v) is 2.06. The fourth-order valence-electron chi connectivity index (χ4n) is 2.06. The molecule has 4 nitrogen and oxygen atoms in total. The summed E-state index contributed by atoms with van der Waals surface area (Å²) < 4.78 is 2.03. The first kappa shape index (κ1) is 13.7. The summed E-state index contributed by atoms with van der Waals surface area (Å²) in [5.41, 5.74) is 2.99. The van der Waals surface area contributed by atoms with Gasteiger partial charge < -0.3 is 5.32 Å². The predicted molar refractivity (Wildman–Crippen MR) is 68.8 cm³/mol. The van der Waals surface area contributed by atoms with E-state index in [9.17, 15) is 0 Å². The zero-order valence-electron chi connectivity index (χ0n) is 11.6. The van der Waals surface area contributed by atoms with Gasteiger partial charge in [0.1, 0.15) is 5.54 Å². The Labute approximate surface area is 104 Å². The van der Waals surface area contributed by atoms with E-state index >= 15 is 0 Å². The van der Waals surface area contributed by atoms with Crippen LogP contribution in [0.5, 0.6) is 0 Å². The Kier molecular flexibility index (Phi) is 3.94. The summed E-state index contributed by atoms with van der Waals surface area (Å²) in [5, 5.41) is 16.8. The number of hydrogen-bond donors (Lipinski definition) is 1. The van der Waals surface area contributed by atoms with Crippen LogP contribution in [0.25, 0.3) is 0 Å². The van der Waals surface area contributed by atoms with E-state index < -0.39 is 5.54 Å². The third-order valence-electron chi connectivity index (χ3n) is 3.61. The number of nitrogens with zero attached hydrogens (tertiary/aromatic N) is 3. The minimum Gasteiger partial charge on any atom is -0.303 e. The molecule has 94 valence electrons. The highest BCUT2D eigenvalue weighted by molar-refractivity contribution is 5.22. The Morgan fingerprint density at radius 2 is 2.06 bits per heavy atom. The normalized spacial score (nSPS) is 16.3. The molecule has 4 heteroatoms. The molecule has 1 aromatic heterocycles. The van der Waals surface area contributed by atoms with Gasteiger partial charge in [0.15, 0.2) is 0 Å². The molecule has 0 saturated heterocycles. The number of nitriles is 1. The van der Waals surface area contributed by atoms with Gasteiger partial charge in [0.2, 0.25) is 0 Å². The first-order valence-electron chi connectivity index (χ1n) is 5.97. The van der Waals surface area contributed by atoms with Crippen molar-refractivity contribution in [3.8, 4) is 6.07 Å². The third kappa shape index (κ3) is 2.67. The summed E-state index contributed by atoms with van der Waals surface area (Å²) in [4.78, 5) is 0. The van der Waals surface area contributed by atoms with Crippen molar-refractivity contribution in [2.75, 3.05) is 7.05 Å². The van der Waals surface area contributed by atoms with Crippen LogP contribution in [-0.2, 0) is 0 Å². The molecule has 1 N–H and O–H groups in total. The number of nitrogens with one attached hydrogen (secondary N) is 1. The van der Waals surface area contributed by atoms with Crippen molar-refractivity contribution >= 4 is 0 Å². The summed E-state index contributed by atoms with van der Waals surface area (Å²) in [7, 11) is 1.82. The lowest BCUT2D eigenvalue weighted by atomic mass is 9.95. The predicted octanol–water partition coefficient (Wildman–Crippen LogP) is 2.26. The Balaban J connectivity index is 2.95. The molecule has 0 bridgehead atoms. The van der Waals surface area contributed by atoms with E-state index in [2.05, 4.69) is 37.3 Å². The van der Waals surface area contributed by atoms with E-state index in [1.54, 1.807) is 0 Å². The molecule has 1 heterocycles. The van der Waals surface area contributed by atoms with E-state index in [1.165, 1.54) is 11.3 Å². The number of aromatic nitrogens is 2. The van der Waals surface area contributed by atoms with Crippen LogP contribution in [0.3, 0.4) is 0 Å². The molecule has 0 aromatic carbocycles. The molecule has 0 spiro atoms. The zero-order chi connectivity index (χ0) is 13.2. The van der Waals surface area contributed by atoms with Gasteiger partial charge in [-0.25, -0.2) is 0 Å². The second kappa shape index (κ2) is 4.89. The highest BCUT2D eigenvalue weighted by atomic mass is 15.3. The summed E-state index contributed by atoms with van der Waals surface area (Å²) in [6.45, 7) is 10.2. The Morgan fingerprint density at radius 3 is 2.41 bits per heavy atom. The zero-order valence-corrected chi connectivity index (χ0v) is 11.6. The number of aryl methyl sites for hydroxylation is 1. The maximum absolute atomic E-state index is 9.17. The summed E-state index contributed by atoms with van der Waals surface area (Å²) in [5.74, 6) is 0. The van der Waals surface area contributed by atoms with Crippen molar-refractivity contribution < 1.29 is 0 Å². The molecule has 0 fully saturated rings. The molecule has 2 atom stereocenters. The Hall–Kier alpha value is -1.34. The monoisotopic (exact) mass is 234 g/mol. The topological polar surface area (TPSA) is 53.6 Å². The Morgan fingerprint density at radius 1 is 1.47 bits per heavy atom. The lowest BCUT2D eigenvalue weighted by Crippen LogP contribution is -2.40. The van der Waals surface area contributed by atoms with Crippen LogP contribution in [0, 0.1) is 32.1 Å². The lowest BCUT2D eigenvalue weighted by molar-refractivity contribution is 0.344. The largest absolute Gasteiger partial charge is 0.303 e. The molecule has 1 aromatic rings. The van der Waals surface area contributed by atoms with Crippen molar-refractivity contribution in [2.45, 2.75) is 52.6 Å². The molecular weight excluding hydrogens is 212 g/mol. The van der Waals surface area contributed by atoms with Crippen LogP contribution in [0.2, 0.25) is 0 Å². The van der Waals surface area contributed by atoms with Gasteiger partial charge in [0.05, 0.1) is 17.8 Å². The van der Waals surface area contributed by atoms with E-state index in [1.807, 2.05) is 25.6 Å². The van der Waals surface area contributed by atoms with Crippen LogP contribution in [0.1, 0.15) is 43.3 Å². The fraction of sp³-hybridized carbons (Fsp3) is 0.692. The van der Waals surface area contributed by atoms with Gasteiger partial charge in [-0.1, -0.05) is 0 Å². The Bertz CT molecular complexity index is 441. The number of hydrogen-bond acceptors (Lipinski definition) is 3. The van der Waals surface area contributed by atoms with Crippen molar-refractivity contribution in [3.63, 3.8) is 0 Å². The van der Waals surface area contributed by atoms with Crippen LogP contribution in [0.4, 0.5) is 0 Å². The average Bonchev–Trinajstić information content (AvgIpc) is 2.57. The van der Waals surface area contributed by atoms with E-state index in [-0.39, 0.29) is 6.04 Å². The molecule has 2 unspecified atom stereocenters. The molecule has 17 heavy (non-hydrogen) atoms. The van der Waals surface area contributed by atoms with E-state index in [0.717, 1.165) is 12.1 Å². The van der Waals surface area contributed by atoms with Crippen molar-refractivity contribution in [2.24, 2.45) is 0 Å². The SMILES string of the molecule is CNC(C)(C#N)CC(C)n1nc(C)c(C)c1C. The summed E-state index contributed by atoms with van der Waals surface area (Å²) >= 11 is 0.